The maximum atomic E-state index is 3.82. The molecular weight excluding hydrogens is 218 g/mol. The van der Waals surface area contributed by atoms with Crippen molar-refractivity contribution in [2.75, 3.05) is 6.54 Å². The molecule has 0 aliphatic carbocycles. The monoisotopic (exact) mass is 245 g/mol. The van der Waals surface area contributed by atoms with E-state index in [9.17, 15) is 0 Å². The third kappa shape index (κ3) is 5.05. The van der Waals surface area contributed by atoms with Crippen molar-refractivity contribution in [1.82, 2.24) is 5.32 Å². The summed E-state index contributed by atoms with van der Waals surface area (Å²) >= 11 is 0. The van der Waals surface area contributed by atoms with Crippen LogP contribution in [-0.4, -0.2) is 12.6 Å². The van der Waals surface area contributed by atoms with Gasteiger partial charge in [0.1, 0.15) is 0 Å². The van der Waals surface area contributed by atoms with Crippen molar-refractivity contribution in [3.05, 3.63) is 47.5 Å². The molecule has 100 valence electrons. The van der Waals surface area contributed by atoms with E-state index >= 15 is 0 Å². The Morgan fingerprint density at radius 2 is 2.11 bits per heavy atom. The van der Waals surface area contributed by atoms with Gasteiger partial charge in [0.2, 0.25) is 0 Å². The lowest BCUT2D eigenvalue weighted by Crippen LogP contribution is -2.31. The van der Waals surface area contributed by atoms with Crippen molar-refractivity contribution in [2.45, 2.75) is 52.5 Å². The highest BCUT2D eigenvalue weighted by atomic mass is 14.9. The first-order chi connectivity index (χ1) is 8.67. The molecule has 0 aliphatic heterocycles. The molecule has 0 spiro atoms. The first-order valence-corrected chi connectivity index (χ1v) is 7.07. The molecule has 1 nitrogen and oxygen atoms in total. The van der Waals surface area contributed by atoms with Crippen molar-refractivity contribution >= 4 is 0 Å². The number of aryl methyl sites for hydroxylation is 2. The van der Waals surface area contributed by atoms with Crippen LogP contribution in [-0.2, 0) is 6.42 Å². The van der Waals surface area contributed by atoms with Crippen LogP contribution < -0.4 is 5.32 Å². The van der Waals surface area contributed by atoms with Gasteiger partial charge >= 0.3 is 0 Å². The molecule has 0 fully saturated rings. The Kier molecular flexibility index (Phi) is 6.74. The second-order valence-electron chi connectivity index (χ2n) is 5.15. The first-order valence-electron chi connectivity index (χ1n) is 7.07. The van der Waals surface area contributed by atoms with Gasteiger partial charge in [0.15, 0.2) is 0 Å². The number of nitrogens with one attached hydrogen (secondary N) is 1. The van der Waals surface area contributed by atoms with Crippen molar-refractivity contribution in [1.29, 1.82) is 0 Å². The predicted molar refractivity (Wildman–Crippen MR) is 81.1 cm³/mol. The molecule has 1 rings (SSSR count). The summed E-state index contributed by atoms with van der Waals surface area (Å²) in [6.45, 7) is 11.5. The maximum Gasteiger partial charge on any atom is 0.0110 e. The van der Waals surface area contributed by atoms with Crippen LogP contribution in [0.1, 0.15) is 42.9 Å². The highest BCUT2D eigenvalue weighted by Crippen LogP contribution is 2.15. The van der Waals surface area contributed by atoms with Gasteiger partial charge < -0.3 is 5.32 Å². The Hall–Kier alpha value is -1.08. The lowest BCUT2D eigenvalue weighted by molar-refractivity contribution is 0.480. The van der Waals surface area contributed by atoms with Crippen LogP contribution >= 0.6 is 0 Å². The molecule has 1 atom stereocenters. The van der Waals surface area contributed by atoms with Crippen LogP contribution in [0.2, 0.25) is 0 Å². The second kappa shape index (κ2) is 8.10. The summed E-state index contributed by atoms with van der Waals surface area (Å²) in [6.07, 6.45) is 6.60. The summed E-state index contributed by atoms with van der Waals surface area (Å²) in [7, 11) is 0. The topological polar surface area (TPSA) is 12.0 Å². The molecule has 0 aromatic heterocycles. The van der Waals surface area contributed by atoms with Crippen LogP contribution in [0.15, 0.2) is 30.9 Å². The van der Waals surface area contributed by atoms with Crippen LogP contribution in [0, 0.1) is 13.8 Å². The summed E-state index contributed by atoms with van der Waals surface area (Å²) in [5.41, 5.74) is 4.24. The Morgan fingerprint density at radius 1 is 1.33 bits per heavy atom. The SMILES string of the molecule is C=CCCC(Cc1cc(C)ccc1C)NCCC. The lowest BCUT2D eigenvalue weighted by atomic mass is 9.96. The summed E-state index contributed by atoms with van der Waals surface area (Å²) in [6, 6.07) is 7.32. The van der Waals surface area contributed by atoms with Crippen molar-refractivity contribution in [3.8, 4) is 0 Å². The average molecular weight is 245 g/mol. The number of rotatable bonds is 8. The van der Waals surface area contributed by atoms with Gasteiger partial charge in [-0.15, -0.1) is 6.58 Å². The van der Waals surface area contributed by atoms with Crippen molar-refractivity contribution in [2.24, 2.45) is 0 Å². The van der Waals surface area contributed by atoms with Gasteiger partial charge in [0, 0.05) is 6.04 Å². The molecule has 0 amide bonds. The minimum absolute atomic E-state index is 0.573. The van der Waals surface area contributed by atoms with E-state index in [2.05, 4.69) is 50.9 Å². The highest BCUT2D eigenvalue weighted by molar-refractivity contribution is 5.31. The van der Waals surface area contributed by atoms with Gasteiger partial charge in [0.05, 0.1) is 0 Å². The largest absolute Gasteiger partial charge is 0.314 e. The maximum absolute atomic E-state index is 3.82. The van der Waals surface area contributed by atoms with Crippen molar-refractivity contribution in [3.63, 3.8) is 0 Å². The third-order valence-corrected chi connectivity index (χ3v) is 3.37. The fourth-order valence-corrected chi connectivity index (χ4v) is 2.23. The molecule has 1 aromatic rings. The number of benzene rings is 1. The van der Waals surface area contributed by atoms with E-state index in [-0.39, 0.29) is 0 Å². The highest BCUT2D eigenvalue weighted by Gasteiger charge is 2.09. The van der Waals surface area contributed by atoms with E-state index in [0.717, 1.165) is 19.4 Å². The molecule has 18 heavy (non-hydrogen) atoms. The average Bonchev–Trinajstić information content (AvgIpc) is 2.37. The summed E-state index contributed by atoms with van der Waals surface area (Å²) in [5.74, 6) is 0. The normalized spacial score (nSPS) is 12.4. The molecule has 1 aromatic carbocycles. The summed E-state index contributed by atoms with van der Waals surface area (Å²) < 4.78 is 0. The van der Waals surface area contributed by atoms with Gasteiger partial charge in [-0.3, -0.25) is 0 Å². The van der Waals surface area contributed by atoms with Crippen LogP contribution in [0.3, 0.4) is 0 Å². The molecule has 1 unspecified atom stereocenters. The van der Waals surface area contributed by atoms with E-state index in [1.165, 1.54) is 29.5 Å². The Labute approximate surface area is 112 Å². The molecule has 1 N–H and O–H groups in total. The van der Waals surface area contributed by atoms with E-state index in [0.29, 0.717) is 6.04 Å². The number of hydrogen-bond acceptors (Lipinski definition) is 1. The molecule has 0 aliphatic rings. The molecular formula is C17H27N. The fraction of sp³-hybridized carbons (Fsp3) is 0.529. The summed E-state index contributed by atoms with van der Waals surface area (Å²) in [4.78, 5) is 0. The van der Waals surface area contributed by atoms with Gasteiger partial charge in [-0.05, 0) is 57.2 Å². The smallest absolute Gasteiger partial charge is 0.0110 e. The number of hydrogen-bond donors (Lipinski definition) is 1. The first kappa shape index (κ1) is 15.0. The molecule has 0 saturated carbocycles. The molecule has 0 bridgehead atoms. The number of allylic oxidation sites excluding steroid dienone is 1. The Balaban J connectivity index is 2.67. The molecule has 0 heterocycles. The summed E-state index contributed by atoms with van der Waals surface area (Å²) in [5, 5.41) is 3.65. The van der Waals surface area contributed by atoms with Gasteiger partial charge in [-0.25, -0.2) is 0 Å². The van der Waals surface area contributed by atoms with Crippen LogP contribution in [0.5, 0.6) is 0 Å². The lowest BCUT2D eigenvalue weighted by Gasteiger charge is -2.19. The van der Waals surface area contributed by atoms with E-state index in [1.807, 2.05) is 6.08 Å². The Bertz CT molecular complexity index is 368. The van der Waals surface area contributed by atoms with Crippen molar-refractivity contribution < 1.29 is 0 Å². The fourth-order valence-electron chi connectivity index (χ4n) is 2.23. The van der Waals surface area contributed by atoms with E-state index < -0.39 is 0 Å². The zero-order chi connectivity index (χ0) is 13.4. The second-order valence-corrected chi connectivity index (χ2v) is 5.15. The predicted octanol–water partition coefficient (Wildman–Crippen LogP) is 4.18. The third-order valence-electron chi connectivity index (χ3n) is 3.37. The zero-order valence-electron chi connectivity index (χ0n) is 12.1. The quantitative estimate of drug-likeness (QED) is 0.677. The Morgan fingerprint density at radius 3 is 2.78 bits per heavy atom. The van der Waals surface area contributed by atoms with Gasteiger partial charge in [-0.2, -0.15) is 0 Å². The minimum atomic E-state index is 0.573. The van der Waals surface area contributed by atoms with E-state index in [1.54, 1.807) is 0 Å². The van der Waals surface area contributed by atoms with E-state index in [4.69, 9.17) is 0 Å². The van der Waals surface area contributed by atoms with Crippen LogP contribution in [0.4, 0.5) is 0 Å². The zero-order valence-corrected chi connectivity index (χ0v) is 12.1. The molecule has 0 saturated heterocycles. The van der Waals surface area contributed by atoms with Crippen LogP contribution in [0.25, 0.3) is 0 Å². The molecule has 1 heteroatoms. The van der Waals surface area contributed by atoms with Gasteiger partial charge in [0.25, 0.3) is 0 Å². The minimum Gasteiger partial charge on any atom is -0.314 e. The van der Waals surface area contributed by atoms with Gasteiger partial charge in [-0.1, -0.05) is 36.8 Å². The standard InChI is InChI=1S/C17H27N/c1-5-7-8-17(18-11-6-2)13-16-12-14(3)9-10-15(16)4/h5,9-10,12,17-18H,1,6-8,11,13H2,2-4H3. The molecule has 0 radical (unpaired) electrons.